The summed E-state index contributed by atoms with van der Waals surface area (Å²) in [5, 5.41) is 0.849. The van der Waals surface area contributed by atoms with E-state index in [1.165, 1.54) is 17.4 Å². The van der Waals surface area contributed by atoms with E-state index in [1.807, 2.05) is 19.0 Å². The predicted octanol–water partition coefficient (Wildman–Crippen LogP) is 4.75. The van der Waals surface area contributed by atoms with Gasteiger partial charge in [-0.2, -0.15) is 0 Å². The lowest BCUT2D eigenvalue weighted by Gasteiger charge is -2.22. The summed E-state index contributed by atoms with van der Waals surface area (Å²) in [6.07, 6.45) is 1.16. The van der Waals surface area contributed by atoms with Crippen LogP contribution >= 0.6 is 51.3 Å². The van der Waals surface area contributed by atoms with Crippen LogP contribution in [-0.4, -0.2) is 57.6 Å². The van der Waals surface area contributed by atoms with Gasteiger partial charge in [0.2, 0.25) is 0 Å². The molecule has 0 radical (unpaired) electrons. The second-order valence-electron chi connectivity index (χ2n) is 6.78. The number of anilines is 1. The summed E-state index contributed by atoms with van der Waals surface area (Å²) in [5.41, 5.74) is 1.01. The van der Waals surface area contributed by atoms with Gasteiger partial charge in [-0.05, 0) is 50.5 Å². The summed E-state index contributed by atoms with van der Waals surface area (Å²) in [6.45, 7) is 1.04. The molecule has 0 N–H and O–H groups in total. The number of halogens is 3. The number of likely N-dealkylation sites (N-methyl/N-ethyl adjacent to an activating group) is 1. The number of nitrogens with zero attached hydrogens (tertiary/aromatic N) is 3. The van der Waals surface area contributed by atoms with E-state index in [2.05, 4.69) is 20.9 Å². The minimum absolute atomic E-state index is 0. The zero-order valence-corrected chi connectivity index (χ0v) is 21.2. The van der Waals surface area contributed by atoms with Crippen molar-refractivity contribution in [1.29, 1.82) is 0 Å². The van der Waals surface area contributed by atoms with E-state index in [1.54, 1.807) is 35.2 Å². The number of sulfone groups is 1. The number of carbonyl (C=O) groups excluding carboxylic acids is 1. The number of benzene rings is 2. The maximum atomic E-state index is 13.3. The SMILES string of the molecule is CN(C)CCN(C(=O)c1cc(Br)ccc1Cl)c1nc2ccc(S(C)(=O)=O)cc2s1.Cl. The Bertz CT molecular complexity index is 1180. The average molecular weight is 553 g/mol. The Labute approximate surface area is 199 Å². The molecule has 0 spiro atoms. The largest absolute Gasteiger partial charge is 0.308 e. The van der Waals surface area contributed by atoms with Crippen LogP contribution in [0.3, 0.4) is 0 Å². The molecule has 11 heteroatoms. The molecular weight excluding hydrogens is 533 g/mol. The summed E-state index contributed by atoms with van der Waals surface area (Å²) in [6, 6.07) is 9.90. The van der Waals surface area contributed by atoms with E-state index in [0.29, 0.717) is 39.0 Å². The Morgan fingerprint density at radius 1 is 1.17 bits per heavy atom. The van der Waals surface area contributed by atoms with Gasteiger partial charge in [0.25, 0.3) is 5.91 Å². The van der Waals surface area contributed by atoms with Crippen molar-refractivity contribution < 1.29 is 13.2 Å². The molecule has 0 aliphatic carbocycles. The molecule has 6 nitrogen and oxygen atoms in total. The number of carbonyl (C=O) groups is 1. The van der Waals surface area contributed by atoms with E-state index >= 15 is 0 Å². The fourth-order valence-electron chi connectivity index (χ4n) is 2.63. The van der Waals surface area contributed by atoms with Gasteiger partial charge in [0.1, 0.15) is 0 Å². The van der Waals surface area contributed by atoms with Crippen molar-refractivity contribution in [2.75, 3.05) is 38.3 Å². The first-order chi connectivity index (χ1) is 13.6. The van der Waals surface area contributed by atoms with Gasteiger partial charge >= 0.3 is 0 Å². The van der Waals surface area contributed by atoms with Gasteiger partial charge in [0.15, 0.2) is 15.0 Å². The third-order valence-corrected chi connectivity index (χ3v) is 7.16. The number of amides is 1. The highest BCUT2D eigenvalue weighted by molar-refractivity contribution is 9.10. The van der Waals surface area contributed by atoms with Gasteiger partial charge in [0.05, 0.1) is 25.7 Å². The second kappa shape index (κ2) is 9.93. The topological polar surface area (TPSA) is 70.6 Å². The Kier molecular flexibility index (Phi) is 8.29. The van der Waals surface area contributed by atoms with Crippen molar-refractivity contribution in [1.82, 2.24) is 9.88 Å². The minimum atomic E-state index is -3.33. The molecule has 2 aromatic carbocycles. The van der Waals surface area contributed by atoms with Crippen LogP contribution in [-0.2, 0) is 9.84 Å². The van der Waals surface area contributed by atoms with Gasteiger partial charge in [-0.25, -0.2) is 13.4 Å². The summed E-state index contributed by atoms with van der Waals surface area (Å²) in [5.74, 6) is -0.263. The quantitative estimate of drug-likeness (QED) is 0.441. The van der Waals surface area contributed by atoms with Crippen molar-refractivity contribution in [3.8, 4) is 0 Å². The summed E-state index contributed by atoms with van der Waals surface area (Å²) in [7, 11) is 0.517. The number of rotatable bonds is 6. The van der Waals surface area contributed by atoms with E-state index in [9.17, 15) is 13.2 Å². The normalized spacial score (nSPS) is 11.5. The third-order valence-electron chi connectivity index (χ3n) is 4.18. The molecule has 0 bridgehead atoms. The lowest BCUT2D eigenvalue weighted by atomic mass is 10.2. The molecule has 1 heterocycles. The zero-order valence-electron chi connectivity index (χ0n) is 16.4. The average Bonchev–Trinajstić information content (AvgIpc) is 3.05. The number of fused-ring (bicyclic) bond motifs is 1. The lowest BCUT2D eigenvalue weighted by Crippen LogP contribution is -2.36. The maximum Gasteiger partial charge on any atom is 0.261 e. The molecule has 0 unspecified atom stereocenters. The first-order valence-corrected chi connectivity index (χ1v) is 12.5. The van der Waals surface area contributed by atoms with Gasteiger partial charge in [-0.15, -0.1) is 12.4 Å². The minimum Gasteiger partial charge on any atom is -0.308 e. The lowest BCUT2D eigenvalue weighted by molar-refractivity contribution is 0.0985. The fourth-order valence-corrected chi connectivity index (χ4v) is 4.94. The van der Waals surface area contributed by atoms with Crippen LogP contribution in [0.4, 0.5) is 5.13 Å². The molecule has 0 saturated heterocycles. The Balaban J connectivity index is 0.00000320. The first kappa shape index (κ1) is 25.0. The Morgan fingerprint density at radius 2 is 1.87 bits per heavy atom. The molecule has 3 rings (SSSR count). The van der Waals surface area contributed by atoms with Gasteiger partial charge in [-0.3, -0.25) is 9.69 Å². The van der Waals surface area contributed by atoms with Gasteiger partial charge in [-0.1, -0.05) is 38.9 Å². The zero-order chi connectivity index (χ0) is 21.3. The molecule has 0 saturated carbocycles. The molecule has 0 aliphatic heterocycles. The van der Waals surface area contributed by atoms with E-state index in [4.69, 9.17) is 11.6 Å². The van der Waals surface area contributed by atoms with E-state index in [0.717, 1.165) is 10.7 Å². The van der Waals surface area contributed by atoms with E-state index in [-0.39, 0.29) is 23.2 Å². The molecule has 162 valence electrons. The van der Waals surface area contributed by atoms with Crippen molar-refractivity contribution >= 4 is 82.4 Å². The maximum absolute atomic E-state index is 13.3. The van der Waals surface area contributed by atoms with Crippen LogP contribution in [0.5, 0.6) is 0 Å². The summed E-state index contributed by atoms with van der Waals surface area (Å²) in [4.78, 5) is 21.7. The molecule has 1 amide bonds. The predicted molar refractivity (Wildman–Crippen MR) is 129 cm³/mol. The summed E-state index contributed by atoms with van der Waals surface area (Å²) < 4.78 is 25.2. The molecule has 30 heavy (non-hydrogen) atoms. The van der Waals surface area contributed by atoms with Crippen molar-refractivity contribution in [2.45, 2.75) is 4.90 Å². The Hall–Kier alpha value is -1.23. The first-order valence-electron chi connectivity index (χ1n) is 8.58. The number of hydrogen-bond donors (Lipinski definition) is 0. The van der Waals surface area contributed by atoms with Crippen molar-refractivity contribution in [3.05, 3.63) is 51.5 Å². The monoisotopic (exact) mass is 551 g/mol. The number of aromatic nitrogens is 1. The fraction of sp³-hybridized carbons (Fsp3) is 0.263. The highest BCUT2D eigenvalue weighted by Crippen LogP contribution is 2.32. The third kappa shape index (κ3) is 5.72. The molecule has 0 aliphatic rings. The van der Waals surface area contributed by atoms with Crippen LogP contribution in [0.25, 0.3) is 10.2 Å². The van der Waals surface area contributed by atoms with E-state index < -0.39 is 9.84 Å². The molecule has 3 aromatic rings. The second-order valence-corrected chi connectivity index (χ2v) is 11.1. The van der Waals surface area contributed by atoms with Crippen molar-refractivity contribution in [3.63, 3.8) is 0 Å². The summed E-state index contributed by atoms with van der Waals surface area (Å²) >= 11 is 10.9. The number of hydrogen-bond acceptors (Lipinski definition) is 6. The van der Waals surface area contributed by atoms with Crippen LogP contribution in [0.2, 0.25) is 5.02 Å². The molecule has 0 atom stereocenters. The number of thiazole rings is 1. The van der Waals surface area contributed by atoms with Gasteiger partial charge in [0, 0.05) is 23.8 Å². The smallest absolute Gasteiger partial charge is 0.261 e. The van der Waals surface area contributed by atoms with Gasteiger partial charge < -0.3 is 4.90 Å². The van der Waals surface area contributed by atoms with Crippen LogP contribution < -0.4 is 4.90 Å². The molecular formula is C19H20BrCl2N3O3S2. The van der Waals surface area contributed by atoms with Crippen LogP contribution in [0.1, 0.15) is 10.4 Å². The highest BCUT2D eigenvalue weighted by Gasteiger charge is 2.24. The highest BCUT2D eigenvalue weighted by atomic mass is 79.9. The molecule has 0 fully saturated rings. The molecule has 1 aromatic heterocycles. The Morgan fingerprint density at radius 3 is 2.50 bits per heavy atom. The van der Waals surface area contributed by atoms with Crippen molar-refractivity contribution in [2.24, 2.45) is 0 Å². The van der Waals surface area contributed by atoms with Crippen LogP contribution in [0, 0.1) is 0 Å². The standard InChI is InChI=1S/C19H19BrClN3O3S2.ClH/c1-23(2)8-9-24(18(25)14-10-12(20)4-6-15(14)21)19-22-16-7-5-13(29(3,26)27)11-17(16)28-19;/h4-7,10-11H,8-9H2,1-3H3;1H. The van der Waals surface area contributed by atoms with Crippen LogP contribution in [0.15, 0.2) is 45.8 Å².